The van der Waals surface area contributed by atoms with Gasteiger partial charge in [0.2, 0.25) is 0 Å². The predicted molar refractivity (Wildman–Crippen MR) is 43.3 cm³/mol. The van der Waals surface area contributed by atoms with Crippen LogP contribution in [-0.4, -0.2) is 34.9 Å². The van der Waals surface area contributed by atoms with Crippen LogP contribution < -0.4 is 5.32 Å². The first-order valence-electron chi connectivity index (χ1n) is 4.44. The van der Waals surface area contributed by atoms with Gasteiger partial charge in [-0.3, -0.25) is 4.79 Å². The monoisotopic (exact) mass is 243 g/mol. The largest absolute Gasteiger partial charge is 0.480 e. The van der Waals surface area contributed by atoms with Crippen LogP contribution in [0.3, 0.4) is 0 Å². The summed E-state index contributed by atoms with van der Waals surface area (Å²) >= 11 is 0. The fourth-order valence-electron chi connectivity index (χ4n) is 1.32. The van der Waals surface area contributed by atoms with Gasteiger partial charge in [0.15, 0.2) is 0 Å². The molecule has 8 heteroatoms. The fraction of sp³-hybridized carbons (Fsp3) is 0.750. The second-order valence-electron chi connectivity index (χ2n) is 3.62. The third kappa shape index (κ3) is 1.96. The van der Waals surface area contributed by atoms with Gasteiger partial charge in [0.25, 0.3) is 5.91 Å². The van der Waals surface area contributed by atoms with E-state index in [0.717, 1.165) is 0 Å². The predicted octanol–water partition coefficient (Wildman–Crippen LogP) is 1.01. The van der Waals surface area contributed by atoms with Crippen LogP contribution in [0.25, 0.3) is 0 Å². The summed E-state index contributed by atoms with van der Waals surface area (Å²) in [6, 6.07) is 0. The van der Waals surface area contributed by atoms with E-state index in [9.17, 15) is 27.2 Å². The second kappa shape index (κ2) is 3.91. The number of carbonyl (C=O) groups is 2. The van der Waals surface area contributed by atoms with E-state index in [4.69, 9.17) is 5.11 Å². The van der Waals surface area contributed by atoms with Gasteiger partial charge in [-0.25, -0.2) is 13.6 Å². The van der Waals surface area contributed by atoms with Gasteiger partial charge in [0.1, 0.15) is 5.54 Å². The molecule has 0 aliphatic heterocycles. The van der Waals surface area contributed by atoms with Gasteiger partial charge in [0.05, 0.1) is 0 Å². The summed E-state index contributed by atoms with van der Waals surface area (Å²) < 4.78 is 48.7. The van der Waals surface area contributed by atoms with Crippen LogP contribution in [0.4, 0.5) is 17.6 Å². The number of rotatable bonds is 4. The van der Waals surface area contributed by atoms with Crippen molar-refractivity contribution in [1.29, 1.82) is 0 Å². The zero-order valence-corrected chi connectivity index (χ0v) is 7.97. The van der Waals surface area contributed by atoms with Crippen molar-refractivity contribution in [3.8, 4) is 0 Å². The fourth-order valence-corrected chi connectivity index (χ4v) is 1.32. The smallest absolute Gasteiger partial charge is 0.383 e. The molecule has 0 spiro atoms. The minimum atomic E-state index is -4.86. The Hall–Kier alpha value is -1.34. The lowest BCUT2D eigenvalue weighted by Crippen LogP contribution is -2.63. The number of aliphatic carboxylic acids is 1. The molecule has 16 heavy (non-hydrogen) atoms. The molecule has 0 aromatic heterocycles. The molecule has 0 saturated heterocycles. The molecule has 0 heterocycles. The summed E-state index contributed by atoms with van der Waals surface area (Å²) in [5.41, 5.74) is -1.81. The summed E-state index contributed by atoms with van der Waals surface area (Å²) in [6.45, 7) is 0. The quantitative estimate of drug-likeness (QED) is 0.724. The van der Waals surface area contributed by atoms with Crippen LogP contribution in [0.2, 0.25) is 0 Å². The summed E-state index contributed by atoms with van der Waals surface area (Å²) in [4.78, 5) is 21.5. The standard InChI is InChI=1S/C8H9F4NO3/c9-4(10)8(11,12)5(14)13-7(6(15)16)2-1-3-7/h4H,1-3H2,(H,13,14)(H,15,16). The van der Waals surface area contributed by atoms with Gasteiger partial charge in [-0.15, -0.1) is 0 Å². The first-order valence-corrected chi connectivity index (χ1v) is 4.44. The molecular formula is C8H9F4NO3. The van der Waals surface area contributed by atoms with Crippen molar-refractivity contribution in [2.75, 3.05) is 0 Å². The van der Waals surface area contributed by atoms with Crippen molar-refractivity contribution in [2.24, 2.45) is 0 Å². The molecule has 0 aromatic rings. The van der Waals surface area contributed by atoms with E-state index in [2.05, 4.69) is 0 Å². The highest BCUT2D eigenvalue weighted by atomic mass is 19.3. The first-order chi connectivity index (χ1) is 7.22. The molecule has 0 radical (unpaired) electrons. The van der Waals surface area contributed by atoms with E-state index in [0.29, 0.717) is 6.42 Å². The highest BCUT2D eigenvalue weighted by Crippen LogP contribution is 2.34. The number of carboxylic acids is 1. The lowest BCUT2D eigenvalue weighted by atomic mass is 9.76. The molecule has 2 N–H and O–H groups in total. The van der Waals surface area contributed by atoms with Crippen LogP contribution >= 0.6 is 0 Å². The van der Waals surface area contributed by atoms with E-state index in [1.54, 1.807) is 0 Å². The van der Waals surface area contributed by atoms with Crippen LogP contribution in [0.5, 0.6) is 0 Å². The van der Waals surface area contributed by atoms with E-state index < -0.39 is 29.8 Å². The Kier molecular flexibility index (Phi) is 3.11. The van der Waals surface area contributed by atoms with Gasteiger partial charge in [-0.05, 0) is 19.3 Å². The van der Waals surface area contributed by atoms with Gasteiger partial charge in [0, 0.05) is 0 Å². The SMILES string of the molecule is O=C(O)C1(NC(=O)C(F)(F)C(F)F)CCC1. The molecule has 0 bridgehead atoms. The van der Waals surface area contributed by atoms with Crippen LogP contribution in [0.15, 0.2) is 0 Å². The van der Waals surface area contributed by atoms with Crippen LogP contribution in [-0.2, 0) is 9.59 Å². The van der Waals surface area contributed by atoms with E-state index in [-0.39, 0.29) is 12.8 Å². The zero-order valence-electron chi connectivity index (χ0n) is 7.97. The lowest BCUT2D eigenvalue weighted by Gasteiger charge is -2.38. The molecule has 0 aromatic carbocycles. The second-order valence-corrected chi connectivity index (χ2v) is 3.62. The van der Waals surface area contributed by atoms with Crippen LogP contribution in [0.1, 0.15) is 19.3 Å². The third-order valence-electron chi connectivity index (χ3n) is 2.55. The normalized spacial score (nSPS) is 19.1. The molecule has 0 unspecified atom stereocenters. The Morgan fingerprint density at radius 3 is 2.06 bits per heavy atom. The number of alkyl halides is 4. The summed E-state index contributed by atoms with van der Waals surface area (Å²) in [5, 5.41) is 10.2. The molecule has 92 valence electrons. The lowest BCUT2D eigenvalue weighted by molar-refractivity contribution is -0.175. The van der Waals surface area contributed by atoms with Crippen molar-refractivity contribution < 1.29 is 32.3 Å². The number of amides is 1. The Morgan fingerprint density at radius 1 is 1.31 bits per heavy atom. The van der Waals surface area contributed by atoms with Crippen LogP contribution in [0, 0.1) is 0 Å². The molecule has 1 amide bonds. The summed E-state index contributed by atoms with van der Waals surface area (Å²) in [7, 11) is 0. The first kappa shape index (κ1) is 12.7. The minimum absolute atomic E-state index is 0.0343. The molecular weight excluding hydrogens is 234 g/mol. The Bertz CT molecular complexity index is 314. The zero-order chi connectivity index (χ0) is 12.6. The van der Waals surface area contributed by atoms with E-state index in [1.165, 1.54) is 5.32 Å². The Labute approximate surface area is 87.6 Å². The Morgan fingerprint density at radius 2 is 1.81 bits per heavy atom. The average Bonchev–Trinajstić information content (AvgIpc) is 2.09. The highest BCUT2D eigenvalue weighted by Gasteiger charge is 2.54. The average molecular weight is 243 g/mol. The van der Waals surface area contributed by atoms with Gasteiger partial charge >= 0.3 is 18.3 Å². The number of carboxylic acid groups (broad SMARTS) is 1. The van der Waals surface area contributed by atoms with Crippen molar-refractivity contribution in [2.45, 2.75) is 37.1 Å². The Balaban J connectivity index is 2.74. The summed E-state index contributed by atoms with van der Waals surface area (Å²) in [6.07, 6.45) is -3.79. The highest BCUT2D eigenvalue weighted by molar-refractivity contribution is 5.91. The molecule has 4 nitrogen and oxygen atoms in total. The number of hydrogen-bond acceptors (Lipinski definition) is 2. The maximum absolute atomic E-state index is 12.5. The van der Waals surface area contributed by atoms with Crippen molar-refractivity contribution >= 4 is 11.9 Å². The number of hydrogen-bond donors (Lipinski definition) is 2. The molecule has 1 aliphatic carbocycles. The van der Waals surface area contributed by atoms with Crippen molar-refractivity contribution in [1.82, 2.24) is 5.32 Å². The number of carbonyl (C=O) groups excluding carboxylic acids is 1. The molecule has 1 rings (SSSR count). The van der Waals surface area contributed by atoms with E-state index in [1.807, 2.05) is 0 Å². The van der Waals surface area contributed by atoms with Gasteiger partial charge in [-0.2, -0.15) is 8.78 Å². The number of nitrogens with one attached hydrogen (secondary N) is 1. The molecule has 1 aliphatic rings. The molecule has 1 saturated carbocycles. The van der Waals surface area contributed by atoms with Gasteiger partial charge < -0.3 is 10.4 Å². The minimum Gasteiger partial charge on any atom is -0.480 e. The molecule has 1 fully saturated rings. The number of halogens is 4. The maximum atomic E-state index is 12.5. The van der Waals surface area contributed by atoms with Gasteiger partial charge in [-0.1, -0.05) is 0 Å². The summed E-state index contributed by atoms with van der Waals surface area (Å²) in [5.74, 6) is -8.60. The maximum Gasteiger partial charge on any atom is 0.383 e. The van der Waals surface area contributed by atoms with Crippen molar-refractivity contribution in [3.05, 3.63) is 0 Å². The third-order valence-corrected chi connectivity index (χ3v) is 2.55. The van der Waals surface area contributed by atoms with E-state index >= 15 is 0 Å². The van der Waals surface area contributed by atoms with Crippen molar-refractivity contribution in [3.63, 3.8) is 0 Å². The molecule has 0 atom stereocenters. The topological polar surface area (TPSA) is 66.4 Å².